The van der Waals surface area contributed by atoms with Gasteiger partial charge in [-0.25, -0.2) is 13.2 Å². The standard InChI is InChI=1S/C13H5BrF3NO/c14-9-2-1-8(15)5-12(9)19-13-10(16)3-7(6-18)4-11(13)17/h1-5H. The molecule has 6 heteroatoms. The SMILES string of the molecule is N#Cc1cc(F)c(Oc2cc(F)ccc2Br)c(F)c1. The number of halogens is 4. The highest BCUT2D eigenvalue weighted by molar-refractivity contribution is 9.10. The second-order valence-corrected chi connectivity index (χ2v) is 4.41. The van der Waals surface area contributed by atoms with E-state index in [1.165, 1.54) is 12.1 Å². The van der Waals surface area contributed by atoms with Crippen LogP contribution in [-0.2, 0) is 0 Å². The Labute approximate surface area is 115 Å². The van der Waals surface area contributed by atoms with Crippen LogP contribution in [0.1, 0.15) is 5.56 Å². The van der Waals surface area contributed by atoms with Crippen molar-refractivity contribution in [3.8, 4) is 17.6 Å². The van der Waals surface area contributed by atoms with Crippen molar-refractivity contribution in [3.05, 3.63) is 57.8 Å². The van der Waals surface area contributed by atoms with Crippen molar-refractivity contribution < 1.29 is 17.9 Å². The van der Waals surface area contributed by atoms with E-state index in [0.29, 0.717) is 4.47 Å². The predicted octanol–water partition coefficient (Wildman–Crippen LogP) is 4.53. The second-order valence-electron chi connectivity index (χ2n) is 3.56. The zero-order valence-electron chi connectivity index (χ0n) is 9.25. The number of ether oxygens (including phenoxy) is 1. The number of hydrogen-bond donors (Lipinski definition) is 0. The lowest BCUT2D eigenvalue weighted by atomic mass is 10.2. The second kappa shape index (κ2) is 5.33. The number of rotatable bonds is 2. The Hall–Kier alpha value is -2.00. The summed E-state index contributed by atoms with van der Waals surface area (Å²) in [5.74, 6) is -3.43. The number of benzene rings is 2. The number of nitriles is 1. The van der Waals surface area contributed by atoms with Crippen molar-refractivity contribution in [2.24, 2.45) is 0 Å². The molecule has 0 aliphatic rings. The maximum Gasteiger partial charge on any atom is 0.198 e. The van der Waals surface area contributed by atoms with Gasteiger partial charge in [0.2, 0.25) is 0 Å². The third-order valence-corrected chi connectivity index (χ3v) is 2.89. The minimum Gasteiger partial charge on any atom is -0.450 e. The number of nitrogens with zero attached hydrogens (tertiary/aromatic N) is 1. The molecule has 96 valence electrons. The Morgan fingerprint density at radius 3 is 2.26 bits per heavy atom. The molecule has 0 amide bonds. The van der Waals surface area contributed by atoms with Gasteiger partial charge in [0.15, 0.2) is 17.4 Å². The van der Waals surface area contributed by atoms with Gasteiger partial charge in [0, 0.05) is 6.07 Å². The van der Waals surface area contributed by atoms with E-state index in [2.05, 4.69) is 15.9 Å². The Balaban J connectivity index is 2.44. The van der Waals surface area contributed by atoms with E-state index >= 15 is 0 Å². The highest BCUT2D eigenvalue weighted by atomic mass is 79.9. The minimum absolute atomic E-state index is 0.0671. The van der Waals surface area contributed by atoms with Gasteiger partial charge in [-0.3, -0.25) is 0 Å². The van der Waals surface area contributed by atoms with Gasteiger partial charge >= 0.3 is 0 Å². The third kappa shape index (κ3) is 2.88. The van der Waals surface area contributed by atoms with E-state index in [0.717, 1.165) is 18.2 Å². The van der Waals surface area contributed by atoms with Crippen molar-refractivity contribution in [1.82, 2.24) is 0 Å². The maximum absolute atomic E-state index is 13.6. The molecular weight excluding hydrogens is 323 g/mol. The van der Waals surface area contributed by atoms with Crippen LogP contribution < -0.4 is 4.74 Å². The molecule has 0 bridgehead atoms. The van der Waals surface area contributed by atoms with Gasteiger partial charge in [0.05, 0.1) is 16.1 Å². The Morgan fingerprint density at radius 1 is 1.05 bits per heavy atom. The summed E-state index contributed by atoms with van der Waals surface area (Å²) >= 11 is 3.08. The molecule has 0 heterocycles. The Kier molecular flexibility index (Phi) is 3.76. The fourth-order valence-corrected chi connectivity index (χ4v) is 1.71. The predicted molar refractivity (Wildman–Crippen MR) is 65.2 cm³/mol. The molecule has 0 aromatic heterocycles. The van der Waals surface area contributed by atoms with Crippen LogP contribution in [0.2, 0.25) is 0 Å². The molecule has 2 aromatic carbocycles. The van der Waals surface area contributed by atoms with Crippen LogP contribution in [0, 0.1) is 28.8 Å². The van der Waals surface area contributed by atoms with Crippen LogP contribution >= 0.6 is 15.9 Å². The van der Waals surface area contributed by atoms with E-state index in [1.54, 1.807) is 6.07 Å². The normalized spacial score (nSPS) is 10.1. The lowest BCUT2D eigenvalue weighted by Crippen LogP contribution is -1.95. The van der Waals surface area contributed by atoms with E-state index < -0.39 is 23.2 Å². The smallest absolute Gasteiger partial charge is 0.198 e. The van der Waals surface area contributed by atoms with E-state index in [1.807, 2.05) is 0 Å². The molecule has 0 atom stereocenters. The van der Waals surface area contributed by atoms with Crippen molar-refractivity contribution in [1.29, 1.82) is 5.26 Å². The first-order chi connectivity index (χ1) is 9.01. The summed E-state index contributed by atoms with van der Waals surface area (Å²) < 4.78 is 45.6. The molecule has 0 aliphatic heterocycles. The molecule has 2 rings (SSSR count). The zero-order chi connectivity index (χ0) is 14.0. The summed E-state index contributed by atoms with van der Waals surface area (Å²) in [5.41, 5.74) is -0.166. The summed E-state index contributed by atoms with van der Waals surface area (Å²) in [4.78, 5) is 0. The monoisotopic (exact) mass is 327 g/mol. The van der Waals surface area contributed by atoms with Gasteiger partial charge in [-0.15, -0.1) is 0 Å². The van der Waals surface area contributed by atoms with Crippen LogP contribution in [-0.4, -0.2) is 0 Å². The first-order valence-corrected chi connectivity index (χ1v) is 5.82. The molecule has 0 N–H and O–H groups in total. The molecule has 0 saturated heterocycles. The molecule has 19 heavy (non-hydrogen) atoms. The van der Waals surface area contributed by atoms with Crippen LogP contribution in [0.15, 0.2) is 34.8 Å². The summed E-state index contributed by atoms with van der Waals surface area (Å²) in [5, 5.41) is 8.57. The molecule has 0 fully saturated rings. The highest BCUT2D eigenvalue weighted by Crippen LogP contribution is 2.33. The third-order valence-electron chi connectivity index (χ3n) is 2.23. The van der Waals surface area contributed by atoms with Crippen LogP contribution in [0.25, 0.3) is 0 Å². The van der Waals surface area contributed by atoms with Crippen molar-refractivity contribution in [2.45, 2.75) is 0 Å². The zero-order valence-corrected chi connectivity index (χ0v) is 10.8. The maximum atomic E-state index is 13.6. The average Bonchev–Trinajstić information content (AvgIpc) is 2.37. The molecular formula is C13H5BrF3NO. The van der Waals surface area contributed by atoms with Crippen molar-refractivity contribution in [2.75, 3.05) is 0 Å². The summed E-state index contributed by atoms with van der Waals surface area (Å²) in [6, 6.07) is 6.80. The average molecular weight is 328 g/mol. The van der Waals surface area contributed by atoms with Gasteiger partial charge in [-0.05, 0) is 40.2 Å². The minimum atomic E-state index is -1.03. The van der Waals surface area contributed by atoms with Crippen LogP contribution in [0.3, 0.4) is 0 Å². The van der Waals surface area contributed by atoms with Gasteiger partial charge in [-0.2, -0.15) is 5.26 Å². The van der Waals surface area contributed by atoms with Gasteiger partial charge in [0.25, 0.3) is 0 Å². The van der Waals surface area contributed by atoms with E-state index in [4.69, 9.17) is 10.00 Å². The quantitative estimate of drug-likeness (QED) is 0.811. The van der Waals surface area contributed by atoms with Gasteiger partial charge in [0.1, 0.15) is 11.6 Å². The number of hydrogen-bond acceptors (Lipinski definition) is 2. The topological polar surface area (TPSA) is 33.0 Å². The van der Waals surface area contributed by atoms with Crippen molar-refractivity contribution >= 4 is 15.9 Å². The molecule has 0 spiro atoms. The Bertz CT molecular complexity index is 659. The van der Waals surface area contributed by atoms with Crippen LogP contribution in [0.4, 0.5) is 13.2 Å². The largest absolute Gasteiger partial charge is 0.450 e. The molecule has 0 saturated carbocycles. The molecule has 0 unspecified atom stereocenters. The molecule has 2 aromatic rings. The first-order valence-electron chi connectivity index (χ1n) is 5.03. The Morgan fingerprint density at radius 2 is 1.68 bits per heavy atom. The highest BCUT2D eigenvalue weighted by Gasteiger charge is 2.15. The fourth-order valence-electron chi connectivity index (χ4n) is 1.39. The van der Waals surface area contributed by atoms with E-state index in [9.17, 15) is 13.2 Å². The van der Waals surface area contributed by atoms with Gasteiger partial charge in [-0.1, -0.05) is 0 Å². The first kappa shape index (κ1) is 13.4. The lowest BCUT2D eigenvalue weighted by Gasteiger charge is -2.09. The summed E-state index contributed by atoms with van der Waals surface area (Å²) in [6.45, 7) is 0. The van der Waals surface area contributed by atoms with E-state index in [-0.39, 0.29) is 11.3 Å². The molecule has 0 aliphatic carbocycles. The summed E-state index contributed by atoms with van der Waals surface area (Å²) in [6.07, 6.45) is 0. The fraction of sp³-hybridized carbons (Fsp3) is 0. The molecule has 0 radical (unpaired) electrons. The lowest BCUT2D eigenvalue weighted by molar-refractivity contribution is 0.403. The van der Waals surface area contributed by atoms with Crippen molar-refractivity contribution in [3.63, 3.8) is 0 Å². The summed E-state index contributed by atoms with van der Waals surface area (Å²) in [7, 11) is 0. The van der Waals surface area contributed by atoms with Gasteiger partial charge < -0.3 is 4.74 Å². The van der Waals surface area contributed by atoms with Crippen LogP contribution in [0.5, 0.6) is 11.5 Å². The molecule has 2 nitrogen and oxygen atoms in total.